The highest BCUT2D eigenvalue weighted by Crippen LogP contribution is 2.61. The molecule has 0 bridgehead atoms. The number of ether oxygens (including phenoxy) is 4. The number of hydrogen-bond donors (Lipinski definition) is 0. The lowest BCUT2D eigenvalue weighted by Gasteiger charge is -2.30. The van der Waals surface area contributed by atoms with Gasteiger partial charge in [-0.1, -0.05) is 113 Å². The van der Waals surface area contributed by atoms with Crippen molar-refractivity contribution in [1.82, 2.24) is 0 Å². The summed E-state index contributed by atoms with van der Waals surface area (Å²) in [5.74, 6) is 5.95. The first-order valence-corrected chi connectivity index (χ1v) is 19.6. The van der Waals surface area contributed by atoms with E-state index in [-0.39, 0.29) is 10.8 Å². The Bertz CT molecular complexity index is 2880. The van der Waals surface area contributed by atoms with Gasteiger partial charge < -0.3 is 23.8 Å². The third-order valence-electron chi connectivity index (χ3n) is 12.6. The van der Waals surface area contributed by atoms with Crippen LogP contribution in [0.15, 0.2) is 152 Å². The highest BCUT2D eigenvalue weighted by Gasteiger charge is 2.42. The molecule has 8 aromatic rings. The van der Waals surface area contributed by atoms with Gasteiger partial charge in [-0.25, -0.2) is 0 Å². The number of para-hydroxylation sites is 4. The molecule has 274 valence electrons. The lowest BCUT2D eigenvalue weighted by molar-refractivity contribution is 0.360. The molecule has 0 fully saturated rings. The Hall–Kier alpha value is -6.98. The van der Waals surface area contributed by atoms with Gasteiger partial charge in [-0.2, -0.15) is 0 Å². The first-order chi connectivity index (χ1) is 27.8. The highest BCUT2D eigenvalue weighted by molar-refractivity contribution is 6.00. The molecule has 0 saturated heterocycles. The van der Waals surface area contributed by atoms with Crippen molar-refractivity contribution in [3.8, 4) is 68.2 Å². The normalized spacial score (nSPS) is 15.2. The van der Waals surface area contributed by atoms with Gasteiger partial charge in [-0.05, 0) is 105 Å². The fraction of sp³-hybridized carbons (Fsp3) is 0.115. The summed E-state index contributed by atoms with van der Waals surface area (Å²) >= 11 is 0. The van der Waals surface area contributed by atoms with Crippen molar-refractivity contribution in [2.24, 2.45) is 0 Å². The van der Waals surface area contributed by atoms with E-state index in [1.807, 2.05) is 48.5 Å². The van der Waals surface area contributed by atoms with Gasteiger partial charge in [-0.3, -0.25) is 0 Å². The van der Waals surface area contributed by atoms with Crippen LogP contribution >= 0.6 is 0 Å². The Balaban J connectivity index is 1.03. The standard InChI is InChI=1S/C52H37NO4/c1-51(2)36-24-26-45-49(56-43-18-9-7-16-41(43)54-45)47(36)34-22-20-31(28-38(34)51)53(40-15-11-13-30-12-5-6-14-33(30)40)32-21-23-35-39(29-32)52(3,4)37-25-27-46-50(48(35)37)57-44-19-10-8-17-42(44)55-46/h5-29H,1-4H3. The number of fused-ring (bicyclic) bond motifs is 13. The number of rotatable bonds is 3. The van der Waals surface area contributed by atoms with Crippen LogP contribution in [0, 0.1) is 0 Å². The van der Waals surface area contributed by atoms with Crippen LogP contribution in [-0.2, 0) is 10.8 Å². The van der Waals surface area contributed by atoms with Crippen LogP contribution in [0.5, 0.6) is 46.0 Å². The number of benzene rings is 8. The molecule has 57 heavy (non-hydrogen) atoms. The maximum absolute atomic E-state index is 6.62. The Morgan fingerprint density at radius 2 is 0.842 bits per heavy atom. The van der Waals surface area contributed by atoms with Crippen LogP contribution < -0.4 is 23.8 Å². The smallest absolute Gasteiger partial charge is 0.178 e. The van der Waals surface area contributed by atoms with Crippen molar-refractivity contribution in [1.29, 1.82) is 0 Å². The first-order valence-electron chi connectivity index (χ1n) is 19.6. The lowest BCUT2D eigenvalue weighted by Crippen LogP contribution is -2.18. The molecule has 0 amide bonds. The van der Waals surface area contributed by atoms with Gasteiger partial charge in [0.05, 0.1) is 5.69 Å². The molecule has 5 nitrogen and oxygen atoms in total. The van der Waals surface area contributed by atoms with Crippen molar-refractivity contribution >= 4 is 27.8 Å². The Morgan fingerprint density at radius 1 is 0.386 bits per heavy atom. The molecular formula is C52H37NO4. The monoisotopic (exact) mass is 739 g/mol. The minimum Gasteiger partial charge on any atom is -0.449 e. The molecule has 0 saturated carbocycles. The summed E-state index contributed by atoms with van der Waals surface area (Å²) in [4.78, 5) is 2.43. The van der Waals surface area contributed by atoms with Crippen LogP contribution in [0.25, 0.3) is 33.0 Å². The molecule has 0 spiro atoms. The quantitative estimate of drug-likeness (QED) is 0.180. The van der Waals surface area contributed by atoms with E-state index in [2.05, 4.69) is 136 Å². The topological polar surface area (TPSA) is 40.2 Å². The van der Waals surface area contributed by atoms with E-state index >= 15 is 0 Å². The molecule has 8 aromatic carbocycles. The second-order valence-electron chi connectivity index (χ2n) is 16.5. The Morgan fingerprint density at radius 3 is 1.37 bits per heavy atom. The van der Waals surface area contributed by atoms with E-state index < -0.39 is 0 Å². The van der Waals surface area contributed by atoms with Crippen molar-refractivity contribution < 1.29 is 18.9 Å². The zero-order chi connectivity index (χ0) is 38.2. The number of nitrogens with zero attached hydrogens (tertiary/aromatic N) is 1. The van der Waals surface area contributed by atoms with Crippen LogP contribution in [0.1, 0.15) is 49.9 Å². The molecule has 0 radical (unpaired) electrons. The molecule has 2 aliphatic carbocycles. The van der Waals surface area contributed by atoms with Gasteiger partial charge in [0.1, 0.15) is 0 Å². The minimum atomic E-state index is -0.290. The zero-order valence-electron chi connectivity index (χ0n) is 32.0. The van der Waals surface area contributed by atoms with E-state index in [0.717, 1.165) is 85.3 Å². The van der Waals surface area contributed by atoms with Crippen LogP contribution in [0.2, 0.25) is 0 Å². The fourth-order valence-corrected chi connectivity index (χ4v) is 9.69. The minimum absolute atomic E-state index is 0.290. The molecule has 0 atom stereocenters. The average Bonchev–Trinajstić information content (AvgIpc) is 3.61. The lowest BCUT2D eigenvalue weighted by atomic mass is 9.82. The van der Waals surface area contributed by atoms with Crippen LogP contribution in [-0.4, -0.2) is 0 Å². The van der Waals surface area contributed by atoms with E-state index in [1.54, 1.807) is 0 Å². The van der Waals surface area contributed by atoms with E-state index in [4.69, 9.17) is 18.9 Å². The number of hydrogen-bond acceptors (Lipinski definition) is 5. The van der Waals surface area contributed by atoms with Gasteiger partial charge in [0.15, 0.2) is 46.0 Å². The Kier molecular flexibility index (Phi) is 6.40. The average molecular weight is 740 g/mol. The molecule has 12 rings (SSSR count). The van der Waals surface area contributed by atoms with Crippen molar-refractivity contribution in [2.75, 3.05) is 4.90 Å². The molecule has 2 heterocycles. The molecule has 2 aliphatic heterocycles. The van der Waals surface area contributed by atoms with Gasteiger partial charge >= 0.3 is 0 Å². The maximum Gasteiger partial charge on any atom is 0.178 e. The summed E-state index contributed by atoms with van der Waals surface area (Å²) in [5.41, 5.74) is 12.2. The molecule has 0 N–H and O–H groups in total. The van der Waals surface area contributed by atoms with E-state index in [1.165, 1.54) is 33.0 Å². The van der Waals surface area contributed by atoms with Gasteiger partial charge in [0.25, 0.3) is 0 Å². The summed E-state index contributed by atoms with van der Waals surface area (Å²) in [6.07, 6.45) is 0. The van der Waals surface area contributed by atoms with Crippen molar-refractivity contribution in [3.63, 3.8) is 0 Å². The zero-order valence-corrected chi connectivity index (χ0v) is 32.0. The van der Waals surface area contributed by atoms with Gasteiger partial charge in [0, 0.05) is 38.7 Å². The fourth-order valence-electron chi connectivity index (χ4n) is 9.69. The third kappa shape index (κ3) is 4.45. The molecule has 4 aliphatic rings. The van der Waals surface area contributed by atoms with E-state index in [9.17, 15) is 0 Å². The van der Waals surface area contributed by atoms with Gasteiger partial charge in [0.2, 0.25) is 0 Å². The van der Waals surface area contributed by atoms with E-state index in [0.29, 0.717) is 0 Å². The highest BCUT2D eigenvalue weighted by atomic mass is 16.6. The second-order valence-corrected chi connectivity index (χ2v) is 16.5. The summed E-state index contributed by atoms with van der Waals surface area (Å²) in [5, 5.41) is 2.37. The van der Waals surface area contributed by atoms with Crippen molar-refractivity contribution in [2.45, 2.75) is 38.5 Å². The maximum atomic E-state index is 6.62. The summed E-state index contributed by atoms with van der Waals surface area (Å²) in [6, 6.07) is 53.3. The summed E-state index contributed by atoms with van der Waals surface area (Å²) in [7, 11) is 0. The largest absolute Gasteiger partial charge is 0.449 e. The van der Waals surface area contributed by atoms with Crippen LogP contribution in [0.4, 0.5) is 17.1 Å². The third-order valence-corrected chi connectivity index (χ3v) is 12.6. The second kappa shape index (κ2) is 11.3. The Labute approximate surface area is 331 Å². The van der Waals surface area contributed by atoms with Crippen molar-refractivity contribution in [3.05, 3.63) is 174 Å². The molecular weight excluding hydrogens is 703 g/mol. The predicted octanol–water partition coefficient (Wildman–Crippen LogP) is 14.7. The SMILES string of the molecule is CC1(C)c2cc(N(c3ccc4c(c3)C(C)(C)c3ccc5c(c3-4)Oc3ccccc3O5)c3cccc4ccccc34)ccc2-c2c1ccc1c2Oc2ccccc2O1. The summed E-state index contributed by atoms with van der Waals surface area (Å²) in [6.45, 7) is 9.25. The number of anilines is 3. The molecule has 0 aromatic heterocycles. The van der Waals surface area contributed by atoms with Crippen LogP contribution in [0.3, 0.4) is 0 Å². The summed E-state index contributed by atoms with van der Waals surface area (Å²) < 4.78 is 26.0. The molecule has 5 heteroatoms. The predicted molar refractivity (Wildman–Crippen MR) is 227 cm³/mol. The van der Waals surface area contributed by atoms with Gasteiger partial charge in [-0.15, -0.1) is 0 Å². The first kappa shape index (κ1) is 32.3. The molecule has 0 unspecified atom stereocenters.